The number of halogens is 3. The second-order valence-corrected chi connectivity index (χ2v) is 8.93. The Morgan fingerprint density at radius 2 is 2.06 bits per heavy atom. The number of benzene rings is 1. The van der Waals surface area contributed by atoms with Crippen molar-refractivity contribution in [2.24, 2.45) is 12.5 Å². The number of carboxylic acid groups (broad SMARTS) is 1. The molecule has 0 radical (unpaired) electrons. The minimum absolute atomic E-state index is 0.00733. The highest BCUT2D eigenvalue weighted by Crippen LogP contribution is 2.40. The van der Waals surface area contributed by atoms with Gasteiger partial charge in [0.15, 0.2) is 5.69 Å². The van der Waals surface area contributed by atoms with Crippen LogP contribution in [0.3, 0.4) is 0 Å². The molecule has 1 aromatic carbocycles. The summed E-state index contributed by atoms with van der Waals surface area (Å²) < 4.78 is 48.3. The van der Waals surface area contributed by atoms with Crippen LogP contribution in [-0.2, 0) is 37.3 Å². The Morgan fingerprint density at radius 1 is 1.31 bits per heavy atom. The molecule has 0 fully saturated rings. The molecule has 170 valence electrons. The fourth-order valence-electron chi connectivity index (χ4n) is 4.12. The van der Waals surface area contributed by atoms with Crippen molar-refractivity contribution in [2.75, 3.05) is 0 Å². The van der Waals surface area contributed by atoms with Crippen molar-refractivity contribution in [3.05, 3.63) is 40.6 Å². The van der Waals surface area contributed by atoms with Crippen LogP contribution in [-0.4, -0.2) is 31.0 Å². The van der Waals surface area contributed by atoms with Gasteiger partial charge in [0.05, 0.1) is 5.56 Å². The molecule has 0 bridgehead atoms. The zero-order valence-electron chi connectivity index (χ0n) is 18.0. The molecule has 7 nitrogen and oxygen atoms in total. The van der Waals surface area contributed by atoms with Crippen LogP contribution in [0, 0.1) is 5.41 Å². The predicted molar refractivity (Wildman–Crippen MR) is 109 cm³/mol. The molecule has 3 aromatic rings. The molecule has 0 atom stereocenters. The molecule has 32 heavy (non-hydrogen) atoms. The maximum atomic E-state index is 13.7. The number of hydrogen-bond donors (Lipinski definition) is 1. The van der Waals surface area contributed by atoms with Gasteiger partial charge in [-0.3, -0.25) is 9.48 Å². The van der Waals surface area contributed by atoms with Gasteiger partial charge in [-0.25, -0.2) is 0 Å². The standard InChI is InChI=1S/C22H23F3N4O3/c1-21(2)9-8-14-16(11-21)29(3)27-18(14)20-26-19(28-32-20)13-6-4-12(5-7-17(30)31)10-15(13)22(23,24)25/h4,6,10H,5,7-9,11H2,1-3H3,(H,30,31). The van der Waals surface area contributed by atoms with Gasteiger partial charge in [-0.2, -0.15) is 23.3 Å². The number of hydrogen-bond acceptors (Lipinski definition) is 5. The molecule has 0 saturated heterocycles. The van der Waals surface area contributed by atoms with Crippen molar-refractivity contribution < 1.29 is 27.6 Å². The van der Waals surface area contributed by atoms with E-state index in [9.17, 15) is 18.0 Å². The van der Waals surface area contributed by atoms with E-state index in [2.05, 4.69) is 29.1 Å². The Labute approximate surface area is 182 Å². The van der Waals surface area contributed by atoms with Gasteiger partial charge in [0.2, 0.25) is 5.82 Å². The maximum absolute atomic E-state index is 13.7. The number of nitrogens with zero attached hydrogens (tertiary/aromatic N) is 4. The van der Waals surface area contributed by atoms with Crippen molar-refractivity contribution in [1.82, 2.24) is 19.9 Å². The molecule has 0 saturated carbocycles. The van der Waals surface area contributed by atoms with Crippen LogP contribution in [0.4, 0.5) is 13.2 Å². The molecule has 1 aliphatic carbocycles. The minimum atomic E-state index is -4.66. The van der Waals surface area contributed by atoms with Crippen LogP contribution in [0.2, 0.25) is 0 Å². The van der Waals surface area contributed by atoms with E-state index in [0.717, 1.165) is 36.6 Å². The summed E-state index contributed by atoms with van der Waals surface area (Å²) in [5.74, 6) is -1.18. The summed E-state index contributed by atoms with van der Waals surface area (Å²) in [6, 6.07) is 3.65. The number of alkyl halides is 3. The number of fused-ring (bicyclic) bond motifs is 1. The first-order valence-corrected chi connectivity index (χ1v) is 10.3. The second kappa shape index (κ2) is 7.75. The summed E-state index contributed by atoms with van der Waals surface area (Å²) in [5, 5.41) is 17.1. The normalized spacial score (nSPS) is 15.6. The molecule has 2 heterocycles. The first kappa shape index (κ1) is 22.0. The van der Waals surface area contributed by atoms with Crippen LogP contribution >= 0.6 is 0 Å². The largest absolute Gasteiger partial charge is 0.481 e. The van der Waals surface area contributed by atoms with E-state index >= 15 is 0 Å². The fourth-order valence-corrected chi connectivity index (χ4v) is 4.12. The van der Waals surface area contributed by atoms with Gasteiger partial charge in [-0.05, 0) is 42.7 Å². The van der Waals surface area contributed by atoms with E-state index in [1.54, 1.807) is 4.68 Å². The van der Waals surface area contributed by atoms with E-state index in [1.807, 2.05) is 7.05 Å². The summed E-state index contributed by atoms with van der Waals surface area (Å²) in [7, 11) is 1.83. The van der Waals surface area contributed by atoms with E-state index in [1.165, 1.54) is 12.1 Å². The predicted octanol–water partition coefficient (Wildman–Crippen LogP) is 4.69. The Morgan fingerprint density at radius 3 is 2.75 bits per heavy atom. The number of aliphatic carboxylic acids is 1. The molecule has 10 heteroatoms. The van der Waals surface area contributed by atoms with Gasteiger partial charge in [0.25, 0.3) is 5.89 Å². The Balaban J connectivity index is 1.71. The Bertz CT molecular complexity index is 1180. The highest BCUT2D eigenvalue weighted by atomic mass is 19.4. The fraction of sp³-hybridized carbons (Fsp3) is 0.455. The van der Waals surface area contributed by atoms with Crippen molar-refractivity contribution in [3.8, 4) is 23.0 Å². The van der Waals surface area contributed by atoms with Gasteiger partial charge >= 0.3 is 12.1 Å². The van der Waals surface area contributed by atoms with Crippen LogP contribution in [0.1, 0.15) is 49.1 Å². The first-order valence-electron chi connectivity index (χ1n) is 10.3. The SMILES string of the molecule is Cn1nc(-c2nc(-c3ccc(CCC(=O)O)cc3C(F)(F)F)no2)c2c1CC(C)(C)CC2. The molecular weight excluding hydrogens is 425 g/mol. The summed E-state index contributed by atoms with van der Waals surface area (Å²) in [5.41, 5.74) is 1.81. The molecule has 0 spiro atoms. The third-order valence-corrected chi connectivity index (χ3v) is 5.86. The van der Waals surface area contributed by atoms with Gasteiger partial charge in [-0.15, -0.1) is 0 Å². The quantitative estimate of drug-likeness (QED) is 0.609. The van der Waals surface area contributed by atoms with Crippen LogP contribution in [0.15, 0.2) is 22.7 Å². The van der Waals surface area contributed by atoms with Crippen molar-refractivity contribution in [1.29, 1.82) is 0 Å². The summed E-state index contributed by atoms with van der Waals surface area (Å²) in [6.45, 7) is 4.37. The third-order valence-electron chi connectivity index (χ3n) is 5.86. The van der Waals surface area contributed by atoms with E-state index < -0.39 is 17.7 Å². The van der Waals surface area contributed by atoms with Gasteiger partial charge < -0.3 is 9.63 Å². The van der Waals surface area contributed by atoms with Crippen LogP contribution < -0.4 is 0 Å². The van der Waals surface area contributed by atoms with E-state index in [4.69, 9.17) is 9.63 Å². The number of carbonyl (C=O) groups is 1. The minimum Gasteiger partial charge on any atom is -0.481 e. The van der Waals surface area contributed by atoms with Gasteiger partial charge in [-0.1, -0.05) is 31.1 Å². The molecule has 0 unspecified atom stereocenters. The smallest absolute Gasteiger partial charge is 0.417 e. The Kier molecular flexibility index (Phi) is 5.34. The molecule has 1 aliphatic rings. The van der Waals surface area contributed by atoms with Gasteiger partial charge in [0, 0.05) is 30.3 Å². The number of aryl methyl sites for hydroxylation is 2. The van der Waals surface area contributed by atoms with Crippen molar-refractivity contribution in [2.45, 2.75) is 52.1 Å². The Hall–Kier alpha value is -3.17. The zero-order valence-corrected chi connectivity index (χ0v) is 18.0. The zero-order chi connectivity index (χ0) is 23.3. The first-order chi connectivity index (χ1) is 14.9. The number of carboxylic acids is 1. The molecule has 4 rings (SSSR count). The molecule has 0 amide bonds. The lowest BCUT2D eigenvalue weighted by atomic mass is 9.76. The lowest BCUT2D eigenvalue weighted by Gasteiger charge is -2.29. The number of rotatable bonds is 5. The average molecular weight is 448 g/mol. The average Bonchev–Trinajstić information content (AvgIpc) is 3.30. The highest BCUT2D eigenvalue weighted by molar-refractivity contribution is 5.68. The highest BCUT2D eigenvalue weighted by Gasteiger charge is 2.36. The summed E-state index contributed by atoms with van der Waals surface area (Å²) >= 11 is 0. The van der Waals surface area contributed by atoms with Crippen molar-refractivity contribution >= 4 is 5.97 Å². The molecule has 0 aliphatic heterocycles. The van der Waals surface area contributed by atoms with Crippen LogP contribution in [0.5, 0.6) is 0 Å². The second-order valence-electron chi connectivity index (χ2n) is 8.93. The molecule has 1 N–H and O–H groups in total. The van der Waals surface area contributed by atoms with Crippen molar-refractivity contribution in [3.63, 3.8) is 0 Å². The summed E-state index contributed by atoms with van der Waals surface area (Å²) in [4.78, 5) is 15.0. The molecule has 2 aromatic heterocycles. The molecular formula is C22H23F3N4O3. The van der Waals surface area contributed by atoms with E-state index in [-0.39, 0.29) is 41.1 Å². The van der Waals surface area contributed by atoms with E-state index in [0.29, 0.717) is 5.69 Å². The summed E-state index contributed by atoms with van der Waals surface area (Å²) in [6.07, 6.45) is -2.36. The number of aromatic nitrogens is 4. The van der Waals surface area contributed by atoms with Crippen LogP contribution in [0.25, 0.3) is 23.0 Å². The lowest BCUT2D eigenvalue weighted by molar-refractivity contribution is -0.137. The lowest BCUT2D eigenvalue weighted by Crippen LogP contribution is -2.23. The third kappa shape index (κ3) is 4.26. The monoisotopic (exact) mass is 448 g/mol. The van der Waals surface area contributed by atoms with Gasteiger partial charge in [0.1, 0.15) is 0 Å². The topological polar surface area (TPSA) is 94.0 Å². The maximum Gasteiger partial charge on any atom is 0.417 e.